The monoisotopic (exact) mass is 620 g/mol. The van der Waals surface area contributed by atoms with Crippen molar-refractivity contribution < 1.29 is 19.4 Å². The van der Waals surface area contributed by atoms with Gasteiger partial charge in [-0.05, 0) is 67.6 Å². The summed E-state index contributed by atoms with van der Waals surface area (Å²) >= 11 is 6.08. The van der Waals surface area contributed by atoms with Gasteiger partial charge in [-0.2, -0.15) is 0 Å². The number of anilines is 2. The van der Waals surface area contributed by atoms with Crippen molar-refractivity contribution in [3.63, 3.8) is 0 Å². The van der Waals surface area contributed by atoms with Gasteiger partial charge in [0.2, 0.25) is 0 Å². The van der Waals surface area contributed by atoms with Crippen LogP contribution < -0.4 is 21.1 Å². The van der Waals surface area contributed by atoms with Crippen molar-refractivity contribution in [1.82, 2.24) is 20.3 Å². The van der Waals surface area contributed by atoms with E-state index in [1.165, 1.54) is 0 Å². The van der Waals surface area contributed by atoms with E-state index in [-0.39, 0.29) is 24.2 Å². The van der Waals surface area contributed by atoms with Gasteiger partial charge in [-0.1, -0.05) is 23.7 Å². The number of hydrogen-bond donors (Lipinski definition) is 5. The molecule has 0 radical (unpaired) electrons. The molecule has 232 valence electrons. The maximum absolute atomic E-state index is 13.0. The summed E-state index contributed by atoms with van der Waals surface area (Å²) in [6.45, 7) is 5.54. The van der Waals surface area contributed by atoms with Crippen LogP contribution in [-0.4, -0.2) is 71.6 Å². The second-order valence-corrected chi connectivity index (χ2v) is 12.0. The van der Waals surface area contributed by atoms with Gasteiger partial charge in [0, 0.05) is 55.1 Å². The summed E-state index contributed by atoms with van der Waals surface area (Å²) in [5, 5.41) is 17.5. The Kier molecular flexibility index (Phi) is 9.06. The molecule has 44 heavy (non-hydrogen) atoms. The molecule has 4 heterocycles. The zero-order valence-corrected chi connectivity index (χ0v) is 25.3. The number of halogens is 1. The number of carbonyl (C=O) groups excluding carboxylic acids is 1. The highest BCUT2D eigenvalue weighted by atomic mass is 35.5. The lowest BCUT2D eigenvalue weighted by Gasteiger charge is -2.34. The van der Waals surface area contributed by atoms with E-state index in [0.717, 1.165) is 61.2 Å². The Bertz CT molecular complexity index is 1680. The molecule has 12 heteroatoms. The van der Waals surface area contributed by atoms with Crippen LogP contribution in [0.1, 0.15) is 36.5 Å². The molecule has 2 aliphatic heterocycles. The van der Waals surface area contributed by atoms with Gasteiger partial charge in [0.15, 0.2) is 0 Å². The second kappa shape index (κ2) is 13.3. The van der Waals surface area contributed by atoms with Gasteiger partial charge >= 0.3 is 6.09 Å². The molecule has 2 atom stereocenters. The number of alkyl carbamates (subject to hydrolysis) is 1. The van der Waals surface area contributed by atoms with Crippen LogP contribution in [0.3, 0.4) is 0 Å². The van der Waals surface area contributed by atoms with Crippen molar-refractivity contribution in [2.45, 2.75) is 38.3 Å². The molecule has 2 saturated heterocycles. The number of amides is 1. The summed E-state index contributed by atoms with van der Waals surface area (Å²) in [6.07, 6.45) is 2.93. The second-order valence-electron chi connectivity index (χ2n) is 11.5. The number of carbonyl (C=O) groups is 1. The number of aryl methyl sites for hydroxylation is 1. The van der Waals surface area contributed by atoms with Gasteiger partial charge in [-0.3, -0.25) is 4.79 Å². The molecule has 11 nitrogen and oxygen atoms in total. The Hall–Kier alpha value is -4.06. The standard InChI is InChI=1S/C32H37ClN6O5/c1-19-13-24(39-10-6-23(7-11-39)36-32(42)44-18-20-8-12-43-17-20)15-26-29(19)38-30(37-26)28-25(5-9-34-31(28)41)35-16-27(40)21-3-2-4-22(33)14-21/h2-5,9,13-15,20,23,27,40H,6-8,10-12,16-18H2,1H3,(H,36,42)(H,37,38)(H2,34,35,41)/t20?,27-/m1/s1. The Morgan fingerprint density at radius 1 is 1.23 bits per heavy atom. The minimum Gasteiger partial charge on any atom is -0.449 e. The molecule has 1 unspecified atom stereocenters. The van der Waals surface area contributed by atoms with Crippen LogP contribution in [0.2, 0.25) is 5.02 Å². The molecule has 4 aromatic rings. The first-order valence-corrected chi connectivity index (χ1v) is 15.4. The quantitative estimate of drug-likeness (QED) is 0.180. The number of fused-ring (bicyclic) bond motifs is 1. The molecule has 2 fully saturated rings. The number of benzene rings is 2. The predicted octanol–water partition coefficient (Wildman–Crippen LogP) is 4.76. The molecule has 0 spiro atoms. The topological polar surface area (TPSA) is 145 Å². The number of aromatic nitrogens is 3. The Labute approximate surface area is 259 Å². The maximum atomic E-state index is 13.0. The number of aliphatic hydroxyl groups is 1. The van der Waals surface area contributed by atoms with Crippen LogP contribution >= 0.6 is 11.6 Å². The maximum Gasteiger partial charge on any atom is 0.407 e. The summed E-state index contributed by atoms with van der Waals surface area (Å²) in [5.41, 5.74) is 4.94. The molecule has 0 aliphatic carbocycles. The summed E-state index contributed by atoms with van der Waals surface area (Å²) in [5.74, 6) is 0.729. The zero-order valence-electron chi connectivity index (χ0n) is 24.6. The van der Waals surface area contributed by atoms with Gasteiger partial charge in [-0.25, -0.2) is 9.78 Å². The highest BCUT2D eigenvalue weighted by Gasteiger charge is 2.24. The smallest absolute Gasteiger partial charge is 0.407 e. The lowest BCUT2D eigenvalue weighted by molar-refractivity contribution is 0.113. The van der Waals surface area contributed by atoms with E-state index in [1.54, 1.807) is 36.5 Å². The first kappa shape index (κ1) is 30.0. The Morgan fingerprint density at radius 3 is 2.84 bits per heavy atom. The third-order valence-corrected chi connectivity index (χ3v) is 8.57. The third kappa shape index (κ3) is 6.85. The first-order chi connectivity index (χ1) is 21.3. The Morgan fingerprint density at radius 2 is 2.07 bits per heavy atom. The number of pyridine rings is 1. The highest BCUT2D eigenvalue weighted by molar-refractivity contribution is 6.30. The van der Waals surface area contributed by atoms with Crippen LogP contribution in [0.4, 0.5) is 16.2 Å². The van der Waals surface area contributed by atoms with Gasteiger partial charge < -0.3 is 40.1 Å². The van der Waals surface area contributed by atoms with Crippen LogP contribution in [0, 0.1) is 12.8 Å². The van der Waals surface area contributed by atoms with Crippen molar-refractivity contribution in [2.24, 2.45) is 5.92 Å². The Balaban J connectivity index is 1.12. The minimum atomic E-state index is -0.821. The summed E-state index contributed by atoms with van der Waals surface area (Å²) in [6, 6.07) is 13.0. The molecule has 0 bridgehead atoms. The largest absolute Gasteiger partial charge is 0.449 e. The summed E-state index contributed by atoms with van der Waals surface area (Å²) in [4.78, 5) is 38.5. The minimum absolute atomic E-state index is 0.0651. The number of piperidine rings is 1. The van der Waals surface area contributed by atoms with E-state index in [4.69, 9.17) is 26.1 Å². The van der Waals surface area contributed by atoms with E-state index in [2.05, 4.69) is 37.6 Å². The normalized spacial score (nSPS) is 18.0. The SMILES string of the molecule is Cc1cc(N2CCC(NC(=O)OCC3CCOC3)CC2)cc2[nH]c(-c3c(NC[C@@H](O)c4cccc(Cl)c4)cc[nH]c3=O)nc12. The molecule has 0 saturated carbocycles. The number of aromatic amines is 2. The molecule has 5 N–H and O–H groups in total. The number of nitrogens with zero attached hydrogens (tertiary/aromatic N) is 2. The molecule has 2 aromatic heterocycles. The van der Waals surface area contributed by atoms with Crippen molar-refractivity contribution >= 4 is 40.1 Å². The molecular weight excluding hydrogens is 584 g/mol. The van der Waals surface area contributed by atoms with E-state index >= 15 is 0 Å². The molecule has 1 amide bonds. The molecule has 2 aliphatic rings. The fraction of sp³-hybridized carbons (Fsp3) is 0.406. The number of hydrogen-bond acceptors (Lipinski definition) is 8. The average Bonchev–Trinajstić information content (AvgIpc) is 3.70. The summed E-state index contributed by atoms with van der Waals surface area (Å²) < 4.78 is 10.8. The van der Waals surface area contributed by atoms with Crippen molar-refractivity contribution in [2.75, 3.05) is 49.7 Å². The average molecular weight is 621 g/mol. The number of rotatable bonds is 9. The number of aliphatic hydroxyl groups excluding tert-OH is 1. The number of H-pyrrole nitrogens is 2. The lowest BCUT2D eigenvalue weighted by atomic mass is 10.0. The van der Waals surface area contributed by atoms with Gasteiger partial charge in [0.1, 0.15) is 11.4 Å². The van der Waals surface area contributed by atoms with Crippen LogP contribution in [0.15, 0.2) is 53.5 Å². The van der Waals surface area contributed by atoms with Crippen molar-refractivity contribution in [3.05, 3.63) is 75.2 Å². The van der Waals surface area contributed by atoms with Gasteiger partial charge in [-0.15, -0.1) is 0 Å². The van der Waals surface area contributed by atoms with E-state index in [9.17, 15) is 14.7 Å². The fourth-order valence-corrected chi connectivity index (χ4v) is 6.07. The number of ether oxygens (including phenoxy) is 2. The lowest BCUT2D eigenvalue weighted by Crippen LogP contribution is -2.45. The molecule has 6 rings (SSSR count). The highest BCUT2D eigenvalue weighted by Crippen LogP contribution is 2.31. The molecular formula is C32H37ClN6O5. The first-order valence-electron chi connectivity index (χ1n) is 15.0. The van der Waals surface area contributed by atoms with Crippen LogP contribution in [-0.2, 0) is 9.47 Å². The van der Waals surface area contributed by atoms with E-state index < -0.39 is 6.10 Å². The fourth-order valence-electron chi connectivity index (χ4n) is 5.87. The third-order valence-electron chi connectivity index (χ3n) is 8.34. The summed E-state index contributed by atoms with van der Waals surface area (Å²) in [7, 11) is 0. The molecule has 2 aromatic carbocycles. The number of imidazole rings is 1. The van der Waals surface area contributed by atoms with Gasteiger partial charge in [0.25, 0.3) is 5.56 Å². The van der Waals surface area contributed by atoms with Gasteiger partial charge in [0.05, 0.1) is 36.0 Å². The van der Waals surface area contributed by atoms with Crippen molar-refractivity contribution in [3.8, 4) is 11.4 Å². The van der Waals surface area contributed by atoms with Crippen LogP contribution in [0.5, 0.6) is 0 Å². The van der Waals surface area contributed by atoms with Crippen molar-refractivity contribution in [1.29, 1.82) is 0 Å². The van der Waals surface area contributed by atoms with Crippen LogP contribution in [0.25, 0.3) is 22.4 Å². The van der Waals surface area contributed by atoms with E-state index in [1.807, 2.05) is 6.92 Å². The number of nitrogens with one attached hydrogen (secondary N) is 4. The van der Waals surface area contributed by atoms with E-state index in [0.29, 0.717) is 46.8 Å². The zero-order chi connectivity index (χ0) is 30.6. The predicted molar refractivity (Wildman–Crippen MR) is 170 cm³/mol.